The predicted octanol–water partition coefficient (Wildman–Crippen LogP) is 1.24. The van der Waals surface area contributed by atoms with E-state index in [1.165, 1.54) is 12.3 Å². The standard InChI is InChI=1S/C22H34F3N5O4/c1-15(7-10-29(5)21(33)22(23,24)25)34-20(32)18-6-9-27-16(2)17(18)8-11-30(19(31)14-26)13-12-28(3)4/h6,9,15H,7-8,10-14,26H2,1-5H3. The number of ether oxygens (including phenoxy) is 1. The lowest BCUT2D eigenvalue weighted by atomic mass is 10.0. The first-order valence-corrected chi connectivity index (χ1v) is 10.9. The van der Waals surface area contributed by atoms with Gasteiger partial charge in [-0.15, -0.1) is 0 Å². The van der Waals surface area contributed by atoms with Gasteiger partial charge in [-0.25, -0.2) is 4.79 Å². The van der Waals surface area contributed by atoms with Gasteiger partial charge in [0.1, 0.15) is 6.10 Å². The van der Waals surface area contributed by atoms with Gasteiger partial charge in [0.2, 0.25) is 5.91 Å². The summed E-state index contributed by atoms with van der Waals surface area (Å²) in [6, 6.07) is 1.51. The van der Waals surface area contributed by atoms with Gasteiger partial charge in [-0.05, 0) is 46.0 Å². The van der Waals surface area contributed by atoms with Crippen LogP contribution in [0.15, 0.2) is 12.3 Å². The molecular formula is C22H34F3N5O4. The molecule has 0 spiro atoms. The lowest BCUT2D eigenvalue weighted by Crippen LogP contribution is -2.41. The zero-order valence-corrected chi connectivity index (χ0v) is 20.3. The molecule has 1 unspecified atom stereocenters. The number of carbonyl (C=O) groups excluding carboxylic acids is 3. The highest BCUT2D eigenvalue weighted by molar-refractivity contribution is 5.91. The van der Waals surface area contributed by atoms with Gasteiger partial charge in [-0.1, -0.05) is 0 Å². The molecule has 1 rings (SSSR count). The van der Waals surface area contributed by atoms with Crippen LogP contribution in [0, 0.1) is 6.92 Å². The Bertz CT molecular complexity index is 848. The number of esters is 1. The maximum Gasteiger partial charge on any atom is 0.471 e. The number of carbonyl (C=O) groups is 3. The van der Waals surface area contributed by atoms with Crippen molar-refractivity contribution in [2.75, 3.05) is 53.9 Å². The Morgan fingerprint density at radius 2 is 1.76 bits per heavy atom. The van der Waals surface area contributed by atoms with Crippen molar-refractivity contribution < 1.29 is 32.3 Å². The van der Waals surface area contributed by atoms with E-state index in [0.717, 1.165) is 7.05 Å². The number of nitrogens with zero attached hydrogens (tertiary/aromatic N) is 4. The first-order valence-electron chi connectivity index (χ1n) is 10.9. The Labute approximate surface area is 198 Å². The van der Waals surface area contributed by atoms with Crippen LogP contribution in [0.1, 0.15) is 35.0 Å². The number of nitrogens with two attached hydrogens (primary N) is 1. The fourth-order valence-corrected chi connectivity index (χ4v) is 3.16. The van der Waals surface area contributed by atoms with Crippen LogP contribution in [-0.4, -0.2) is 104 Å². The summed E-state index contributed by atoms with van der Waals surface area (Å²) in [5, 5.41) is 0. The zero-order valence-electron chi connectivity index (χ0n) is 20.3. The highest BCUT2D eigenvalue weighted by Gasteiger charge is 2.41. The first kappa shape index (κ1) is 29.3. The highest BCUT2D eigenvalue weighted by Crippen LogP contribution is 2.19. The average Bonchev–Trinajstić information content (AvgIpc) is 2.76. The molecule has 0 aliphatic carbocycles. The van der Waals surface area contributed by atoms with Crippen LogP contribution >= 0.6 is 0 Å². The van der Waals surface area contributed by atoms with Crippen molar-refractivity contribution in [1.29, 1.82) is 0 Å². The minimum Gasteiger partial charge on any atom is -0.459 e. The molecule has 34 heavy (non-hydrogen) atoms. The molecule has 1 aromatic heterocycles. The van der Waals surface area contributed by atoms with Crippen molar-refractivity contribution in [1.82, 2.24) is 19.7 Å². The highest BCUT2D eigenvalue weighted by atomic mass is 19.4. The number of hydrogen-bond donors (Lipinski definition) is 1. The maximum atomic E-state index is 12.8. The van der Waals surface area contributed by atoms with E-state index in [0.29, 0.717) is 42.2 Å². The number of hydrogen-bond acceptors (Lipinski definition) is 7. The second kappa shape index (κ2) is 13.2. The molecule has 0 saturated carbocycles. The Morgan fingerprint density at radius 3 is 2.32 bits per heavy atom. The molecule has 0 bridgehead atoms. The largest absolute Gasteiger partial charge is 0.471 e. The molecule has 0 radical (unpaired) electrons. The lowest BCUT2D eigenvalue weighted by Gasteiger charge is -2.25. The van der Waals surface area contributed by atoms with Crippen LogP contribution in [0.5, 0.6) is 0 Å². The molecule has 0 saturated heterocycles. The van der Waals surface area contributed by atoms with E-state index in [1.807, 2.05) is 19.0 Å². The molecule has 0 aliphatic heterocycles. The van der Waals surface area contributed by atoms with E-state index >= 15 is 0 Å². The number of pyridine rings is 1. The summed E-state index contributed by atoms with van der Waals surface area (Å²) in [5.74, 6) is -2.81. The van der Waals surface area contributed by atoms with E-state index in [9.17, 15) is 27.6 Å². The average molecular weight is 490 g/mol. The fraction of sp³-hybridized carbons (Fsp3) is 0.636. The zero-order chi connectivity index (χ0) is 26.1. The SMILES string of the molecule is Cc1nccc(C(=O)OC(C)CCN(C)C(=O)C(F)(F)F)c1CCN(CCN(C)C)C(=O)CN. The molecule has 12 heteroatoms. The Balaban J connectivity index is 2.84. The summed E-state index contributed by atoms with van der Waals surface area (Å²) in [6.45, 7) is 4.38. The van der Waals surface area contributed by atoms with Crippen molar-refractivity contribution in [3.63, 3.8) is 0 Å². The van der Waals surface area contributed by atoms with Gasteiger partial charge in [0, 0.05) is 51.5 Å². The summed E-state index contributed by atoms with van der Waals surface area (Å²) in [5.41, 5.74) is 7.01. The third-order valence-corrected chi connectivity index (χ3v) is 5.24. The van der Waals surface area contributed by atoms with Crippen LogP contribution in [0.25, 0.3) is 0 Å². The molecule has 0 aliphatic rings. The van der Waals surface area contributed by atoms with E-state index in [2.05, 4.69) is 4.98 Å². The molecule has 2 N–H and O–H groups in total. The number of halogens is 3. The normalized spacial score (nSPS) is 12.4. The Morgan fingerprint density at radius 1 is 1.12 bits per heavy atom. The van der Waals surface area contributed by atoms with E-state index in [1.54, 1.807) is 18.7 Å². The molecule has 1 atom stereocenters. The minimum atomic E-state index is -4.95. The number of alkyl halides is 3. The quantitative estimate of drug-likeness (QED) is 0.440. The van der Waals surface area contributed by atoms with Crippen LogP contribution in [0.4, 0.5) is 13.2 Å². The summed E-state index contributed by atoms with van der Waals surface area (Å²) in [6.07, 6.45) is -3.84. The number of rotatable bonds is 12. The number of aromatic nitrogens is 1. The third kappa shape index (κ3) is 9.26. The molecule has 1 aromatic rings. The van der Waals surface area contributed by atoms with Crippen LogP contribution in [-0.2, 0) is 20.7 Å². The Hall–Kier alpha value is -2.73. The number of aryl methyl sites for hydroxylation is 1. The summed E-state index contributed by atoms with van der Waals surface area (Å²) >= 11 is 0. The summed E-state index contributed by atoms with van der Waals surface area (Å²) < 4.78 is 42.9. The van der Waals surface area contributed by atoms with E-state index < -0.39 is 24.2 Å². The van der Waals surface area contributed by atoms with E-state index in [-0.39, 0.29) is 31.0 Å². The topological polar surface area (TPSA) is 109 Å². The number of likely N-dealkylation sites (N-methyl/N-ethyl adjacent to an activating group) is 1. The predicted molar refractivity (Wildman–Crippen MR) is 120 cm³/mol. The summed E-state index contributed by atoms with van der Waals surface area (Å²) in [4.78, 5) is 44.6. The van der Waals surface area contributed by atoms with Gasteiger partial charge in [-0.2, -0.15) is 13.2 Å². The maximum absolute atomic E-state index is 12.8. The summed E-state index contributed by atoms with van der Waals surface area (Å²) in [7, 11) is 4.82. The van der Waals surface area contributed by atoms with Gasteiger partial charge in [0.15, 0.2) is 0 Å². The van der Waals surface area contributed by atoms with Gasteiger partial charge in [0.25, 0.3) is 0 Å². The molecule has 1 heterocycles. The first-order chi connectivity index (χ1) is 15.8. The van der Waals surface area contributed by atoms with Crippen molar-refractivity contribution in [2.45, 2.75) is 39.0 Å². The monoisotopic (exact) mass is 489 g/mol. The smallest absolute Gasteiger partial charge is 0.459 e. The fourth-order valence-electron chi connectivity index (χ4n) is 3.16. The molecule has 192 valence electrons. The second-order valence-corrected chi connectivity index (χ2v) is 8.29. The van der Waals surface area contributed by atoms with Crippen molar-refractivity contribution >= 4 is 17.8 Å². The number of amides is 2. The third-order valence-electron chi connectivity index (χ3n) is 5.24. The van der Waals surface area contributed by atoms with Crippen molar-refractivity contribution in [2.24, 2.45) is 5.73 Å². The van der Waals surface area contributed by atoms with Gasteiger partial charge >= 0.3 is 18.1 Å². The molecule has 2 amide bonds. The van der Waals surface area contributed by atoms with Crippen LogP contribution in [0.2, 0.25) is 0 Å². The molecular weight excluding hydrogens is 455 g/mol. The van der Waals surface area contributed by atoms with Crippen molar-refractivity contribution in [3.8, 4) is 0 Å². The molecule has 0 aromatic carbocycles. The van der Waals surface area contributed by atoms with E-state index in [4.69, 9.17) is 10.5 Å². The minimum absolute atomic E-state index is 0.0345. The second-order valence-electron chi connectivity index (χ2n) is 8.29. The van der Waals surface area contributed by atoms with Gasteiger partial charge in [-0.3, -0.25) is 14.6 Å². The van der Waals surface area contributed by atoms with Crippen LogP contribution in [0.3, 0.4) is 0 Å². The molecule has 9 nitrogen and oxygen atoms in total. The van der Waals surface area contributed by atoms with Crippen molar-refractivity contribution in [3.05, 3.63) is 29.1 Å². The Kier molecular flexibility index (Phi) is 11.4. The van der Waals surface area contributed by atoms with Gasteiger partial charge < -0.3 is 25.2 Å². The molecule has 0 fully saturated rings. The van der Waals surface area contributed by atoms with Crippen LogP contribution < -0.4 is 5.73 Å². The lowest BCUT2D eigenvalue weighted by molar-refractivity contribution is -0.184. The van der Waals surface area contributed by atoms with Gasteiger partial charge in [0.05, 0.1) is 12.1 Å².